The normalized spacial score (nSPS) is 21.7. The van der Waals surface area contributed by atoms with Crippen LogP contribution < -0.4 is 5.32 Å². The molecule has 128 valence electrons. The predicted molar refractivity (Wildman–Crippen MR) is 98.4 cm³/mol. The molecule has 1 N–H and O–H groups in total. The molecular weight excluding hydrogens is 296 g/mol. The first-order chi connectivity index (χ1) is 11.6. The van der Waals surface area contributed by atoms with E-state index in [1.54, 1.807) is 11.1 Å². The Bertz CT molecular complexity index is 740. The largest absolute Gasteiger partial charge is 0.314 e. The third-order valence-electron chi connectivity index (χ3n) is 5.90. The lowest BCUT2D eigenvalue weighted by Gasteiger charge is -2.38. The summed E-state index contributed by atoms with van der Waals surface area (Å²) in [4.78, 5) is 2.69. The van der Waals surface area contributed by atoms with Crippen LogP contribution in [-0.4, -0.2) is 46.9 Å². The van der Waals surface area contributed by atoms with Crippen LogP contribution in [-0.2, 0) is 19.9 Å². The maximum Gasteiger partial charge on any atom is 0.0674 e. The Morgan fingerprint density at radius 2 is 1.96 bits per heavy atom. The Balaban J connectivity index is 1.67. The van der Waals surface area contributed by atoms with E-state index in [-0.39, 0.29) is 0 Å². The van der Waals surface area contributed by atoms with E-state index >= 15 is 0 Å². The quantitative estimate of drug-likeness (QED) is 0.921. The summed E-state index contributed by atoms with van der Waals surface area (Å²) < 4.78 is 2.01. The number of nitrogens with one attached hydrogen (secondary N) is 1. The molecule has 24 heavy (non-hydrogen) atoms. The molecule has 2 aromatic rings. The fourth-order valence-electron chi connectivity index (χ4n) is 4.54. The molecule has 1 saturated heterocycles. The average molecular weight is 324 g/mol. The molecule has 2 aliphatic rings. The molecule has 0 spiro atoms. The molecule has 0 radical (unpaired) electrons. The highest BCUT2D eigenvalue weighted by molar-refractivity contribution is 5.73. The van der Waals surface area contributed by atoms with Crippen molar-refractivity contribution in [2.75, 3.05) is 26.2 Å². The lowest BCUT2D eigenvalue weighted by molar-refractivity contribution is 0.159. The third kappa shape index (κ3) is 2.68. The third-order valence-corrected chi connectivity index (χ3v) is 5.90. The first kappa shape index (κ1) is 15.9. The summed E-state index contributed by atoms with van der Waals surface area (Å²) in [5, 5.41) is 8.09. The van der Waals surface area contributed by atoms with Gasteiger partial charge in [0.2, 0.25) is 0 Å². The van der Waals surface area contributed by atoms with Crippen LogP contribution in [0.1, 0.15) is 28.9 Å². The van der Waals surface area contributed by atoms with Gasteiger partial charge in [0, 0.05) is 50.5 Å². The van der Waals surface area contributed by atoms with Crippen molar-refractivity contribution >= 4 is 0 Å². The van der Waals surface area contributed by atoms with Crippen molar-refractivity contribution in [3.63, 3.8) is 0 Å². The minimum Gasteiger partial charge on any atom is -0.314 e. The Kier molecular flexibility index (Phi) is 4.19. The zero-order chi connectivity index (χ0) is 16.7. The number of hydrogen-bond donors (Lipinski definition) is 1. The zero-order valence-corrected chi connectivity index (χ0v) is 15.1. The van der Waals surface area contributed by atoms with Crippen molar-refractivity contribution < 1.29 is 0 Å². The standard InChI is InChI=1S/C20H28N4/c1-14-20(15(2)23(3)22-14)19-6-4-5-16-13-17(7-8-18(16)19)24-11-9-21-10-12-24/h4-6,17,21H,7-13H2,1-3H3. The number of piperazine rings is 1. The van der Waals surface area contributed by atoms with Crippen LogP contribution >= 0.6 is 0 Å². The highest BCUT2D eigenvalue weighted by Crippen LogP contribution is 2.35. The van der Waals surface area contributed by atoms with E-state index in [1.807, 2.05) is 11.7 Å². The monoisotopic (exact) mass is 324 g/mol. The van der Waals surface area contributed by atoms with Crippen LogP contribution in [0, 0.1) is 13.8 Å². The van der Waals surface area contributed by atoms with Crippen LogP contribution in [0.5, 0.6) is 0 Å². The lowest BCUT2D eigenvalue weighted by Crippen LogP contribution is -2.50. The topological polar surface area (TPSA) is 33.1 Å². The molecule has 0 saturated carbocycles. The van der Waals surface area contributed by atoms with Gasteiger partial charge < -0.3 is 5.32 Å². The second-order valence-corrected chi connectivity index (χ2v) is 7.30. The summed E-state index contributed by atoms with van der Waals surface area (Å²) in [5.74, 6) is 0. The summed E-state index contributed by atoms with van der Waals surface area (Å²) in [5.41, 5.74) is 8.27. The van der Waals surface area contributed by atoms with Crippen molar-refractivity contribution in [2.45, 2.75) is 39.2 Å². The molecule has 4 heteroatoms. The van der Waals surface area contributed by atoms with Gasteiger partial charge in [0.25, 0.3) is 0 Å². The highest BCUT2D eigenvalue weighted by Gasteiger charge is 2.27. The lowest BCUT2D eigenvalue weighted by atomic mass is 9.82. The molecule has 0 amide bonds. The molecule has 4 nitrogen and oxygen atoms in total. The van der Waals surface area contributed by atoms with Gasteiger partial charge in [-0.05, 0) is 49.8 Å². The molecule has 1 aliphatic carbocycles. The van der Waals surface area contributed by atoms with Crippen molar-refractivity contribution in [3.8, 4) is 11.1 Å². The number of fused-ring (bicyclic) bond motifs is 1. The molecule has 1 unspecified atom stereocenters. The number of aromatic nitrogens is 2. The van der Waals surface area contributed by atoms with Crippen molar-refractivity contribution in [3.05, 3.63) is 40.7 Å². The van der Waals surface area contributed by atoms with Gasteiger partial charge in [-0.1, -0.05) is 18.2 Å². The van der Waals surface area contributed by atoms with E-state index in [9.17, 15) is 0 Å². The van der Waals surface area contributed by atoms with Crippen LogP contribution in [0.4, 0.5) is 0 Å². The van der Waals surface area contributed by atoms with E-state index in [2.05, 4.69) is 47.4 Å². The summed E-state index contributed by atoms with van der Waals surface area (Å²) in [6, 6.07) is 7.58. The van der Waals surface area contributed by atoms with Gasteiger partial charge >= 0.3 is 0 Å². The van der Waals surface area contributed by atoms with E-state index in [0.29, 0.717) is 6.04 Å². The first-order valence-electron chi connectivity index (χ1n) is 9.21. The minimum atomic E-state index is 0.714. The van der Waals surface area contributed by atoms with Gasteiger partial charge in [-0.25, -0.2) is 0 Å². The van der Waals surface area contributed by atoms with Crippen molar-refractivity contribution in [1.82, 2.24) is 20.0 Å². The molecule has 1 aliphatic heterocycles. The summed E-state index contributed by atoms with van der Waals surface area (Å²) in [6.45, 7) is 8.98. The smallest absolute Gasteiger partial charge is 0.0674 e. The van der Waals surface area contributed by atoms with E-state index in [4.69, 9.17) is 0 Å². The average Bonchev–Trinajstić information content (AvgIpc) is 2.87. The van der Waals surface area contributed by atoms with Gasteiger partial charge in [-0.15, -0.1) is 0 Å². The molecular formula is C20H28N4. The van der Waals surface area contributed by atoms with Gasteiger partial charge in [0.05, 0.1) is 5.69 Å². The molecule has 0 bridgehead atoms. The molecule has 1 aromatic heterocycles. The van der Waals surface area contributed by atoms with Crippen LogP contribution in [0.15, 0.2) is 18.2 Å². The van der Waals surface area contributed by atoms with Gasteiger partial charge in [0.15, 0.2) is 0 Å². The Morgan fingerprint density at radius 1 is 1.17 bits per heavy atom. The Morgan fingerprint density at radius 3 is 2.67 bits per heavy atom. The molecule has 4 rings (SSSR count). The predicted octanol–water partition coefficient (Wildman–Crippen LogP) is 2.47. The van der Waals surface area contributed by atoms with Crippen LogP contribution in [0.25, 0.3) is 11.1 Å². The van der Waals surface area contributed by atoms with Crippen LogP contribution in [0.2, 0.25) is 0 Å². The first-order valence-corrected chi connectivity index (χ1v) is 9.21. The fraction of sp³-hybridized carbons (Fsp3) is 0.550. The summed E-state index contributed by atoms with van der Waals surface area (Å²) >= 11 is 0. The molecule has 1 aromatic carbocycles. The highest BCUT2D eigenvalue weighted by atomic mass is 15.3. The number of hydrogen-bond acceptors (Lipinski definition) is 3. The summed E-state index contributed by atoms with van der Waals surface area (Å²) in [6.07, 6.45) is 3.66. The molecule has 1 fully saturated rings. The van der Waals surface area contributed by atoms with Gasteiger partial charge in [-0.3, -0.25) is 9.58 Å². The Labute approximate surface area is 144 Å². The number of benzene rings is 1. The number of rotatable bonds is 2. The Hall–Kier alpha value is -1.65. The van der Waals surface area contributed by atoms with Gasteiger partial charge in [0.1, 0.15) is 0 Å². The van der Waals surface area contributed by atoms with Crippen LogP contribution in [0.3, 0.4) is 0 Å². The number of nitrogens with zero attached hydrogens (tertiary/aromatic N) is 3. The second kappa shape index (κ2) is 6.34. The zero-order valence-electron chi connectivity index (χ0n) is 15.1. The maximum atomic E-state index is 4.63. The molecule has 1 atom stereocenters. The number of aryl methyl sites for hydroxylation is 2. The maximum absolute atomic E-state index is 4.63. The van der Waals surface area contributed by atoms with Gasteiger partial charge in [-0.2, -0.15) is 5.10 Å². The van der Waals surface area contributed by atoms with Crippen molar-refractivity contribution in [2.24, 2.45) is 7.05 Å². The fourth-order valence-corrected chi connectivity index (χ4v) is 4.54. The minimum absolute atomic E-state index is 0.714. The second-order valence-electron chi connectivity index (χ2n) is 7.30. The van der Waals surface area contributed by atoms with Crippen molar-refractivity contribution in [1.29, 1.82) is 0 Å². The summed E-state index contributed by atoms with van der Waals surface area (Å²) in [7, 11) is 2.04. The van der Waals surface area contributed by atoms with E-state index < -0.39 is 0 Å². The van der Waals surface area contributed by atoms with E-state index in [0.717, 1.165) is 18.8 Å². The van der Waals surface area contributed by atoms with E-state index in [1.165, 1.54) is 49.2 Å². The SMILES string of the molecule is Cc1nn(C)c(C)c1-c1cccc2c1CCC(N1CCNCC1)C2. The molecule has 2 heterocycles.